The Hall–Kier alpha value is -1.61. The SMILES string of the molecule is CCNC(=NCCNS(=O)(=O)c1cccc(Cl)c1)NCCc1cccs1. The molecule has 1 aromatic heterocycles. The third kappa shape index (κ3) is 6.95. The van der Waals surface area contributed by atoms with E-state index in [-0.39, 0.29) is 11.4 Å². The van der Waals surface area contributed by atoms with Crippen molar-refractivity contribution in [2.24, 2.45) is 4.99 Å². The van der Waals surface area contributed by atoms with E-state index in [0.717, 1.165) is 19.5 Å². The van der Waals surface area contributed by atoms with Gasteiger partial charge in [-0.1, -0.05) is 23.7 Å². The number of nitrogens with zero attached hydrogens (tertiary/aromatic N) is 1. The van der Waals surface area contributed by atoms with Crippen LogP contribution in [-0.2, 0) is 16.4 Å². The van der Waals surface area contributed by atoms with Crippen LogP contribution in [0, 0.1) is 0 Å². The van der Waals surface area contributed by atoms with Crippen molar-refractivity contribution in [3.63, 3.8) is 0 Å². The molecule has 6 nitrogen and oxygen atoms in total. The smallest absolute Gasteiger partial charge is 0.240 e. The first-order chi connectivity index (χ1) is 12.5. The fourth-order valence-electron chi connectivity index (χ4n) is 2.17. The fourth-order valence-corrected chi connectivity index (χ4v) is 4.20. The molecule has 0 saturated carbocycles. The molecule has 2 rings (SSSR count). The molecule has 0 fully saturated rings. The lowest BCUT2D eigenvalue weighted by molar-refractivity contribution is 0.582. The second kappa shape index (κ2) is 10.5. The molecule has 9 heteroatoms. The Morgan fingerprint density at radius 2 is 2.04 bits per heavy atom. The number of rotatable bonds is 9. The summed E-state index contributed by atoms with van der Waals surface area (Å²) in [5.74, 6) is 0.672. The zero-order chi connectivity index (χ0) is 18.8. The molecule has 0 atom stereocenters. The third-order valence-electron chi connectivity index (χ3n) is 3.37. The Morgan fingerprint density at radius 3 is 2.73 bits per heavy atom. The zero-order valence-corrected chi connectivity index (χ0v) is 16.9. The number of sulfonamides is 1. The molecule has 0 aliphatic heterocycles. The summed E-state index contributed by atoms with van der Waals surface area (Å²) in [7, 11) is -3.58. The molecule has 142 valence electrons. The van der Waals surface area contributed by atoms with E-state index >= 15 is 0 Å². The van der Waals surface area contributed by atoms with Gasteiger partial charge >= 0.3 is 0 Å². The van der Waals surface area contributed by atoms with E-state index in [2.05, 4.69) is 31.8 Å². The number of aliphatic imine (C=N–C) groups is 1. The molecule has 26 heavy (non-hydrogen) atoms. The van der Waals surface area contributed by atoms with Crippen LogP contribution in [0.2, 0.25) is 5.02 Å². The van der Waals surface area contributed by atoms with Crippen LogP contribution in [0.1, 0.15) is 11.8 Å². The molecule has 0 aliphatic rings. The van der Waals surface area contributed by atoms with Gasteiger partial charge in [-0.3, -0.25) is 4.99 Å². The van der Waals surface area contributed by atoms with E-state index in [0.29, 0.717) is 17.5 Å². The van der Waals surface area contributed by atoms with Gasteiger partial charge < -0.3 is 10.6 Å². The lowest BCUT2D eigenvalue weighted by Gasteiger charge is -2.11. The molecule has 0 spiro atoms. The summed E-state index contributed by atoms with van der Waals surface area (Å²) >= 11 is 7.57. The number of thiophene rings is 1. The summed E-state index contributed by atoms with van der Waals surface area (Å²) in [6, 6.07) is 10.3. The van der Waals surface area contributed by atoms with Crippen LogP contribution in [0.5, 0.6) is 0 Å². The van der Waals surface area contributed by atoms with Gasteiger partial charge in [0.2, 0.25) is 10.0 Å². The molecule has 0 radical (unpaired) electrons. The summed E-state index contributed by atoms with van der Waals surface area (Å²) < 4.78 is 27.0. The minimum atomic E-state index is -3.58. The standard InChI is InChI=1S/C17H23ClN4O2S2/c1-2-19-17(20-9-8-15-6-4-12-25-15)21-10-11-22-26(23,24)16-7-3-5-14(18)13-16/h3-7,12-13,22H,2,8-11H2,1H3,(H2,19,20,21). The van der Waals surface area contributed by atoms with Gasteiger partial charge in [0.1, 0.15) is 0 Å². The highest BCUT2D eigenvalue weighted by Gasteiger charge is 2.13. The van der Waals surface area contributed by atoms with Crippen molar-refractivity contribution in [2.45, 2.75) is 18.2 Å². The maximum Gasteiger partial charge on any atom is 0.240 e. The van der Waals surface area contributed by atoms with Gasteiger partial charge in [-0.15, -0.1) is 11.3 Å². The van der Waals surface area contributed by atoms with Gasteiger partial charge in [-0.05, 0) is 43.0 Å². The lowest BCUT2D eigenvalue weighted by Crippen LogP contribution is -2.39. The van der Waals surface area contributed by atoms with Crippen molar-refractivity contribution in [1.82, 2.24) is 15.4 Å². The quantitative estimate of drug-likeness (QED) is 0.334. The van der Waals surface area contributed by atoms with E-state index in [4.69, 9.17) is 11.6 Å². The monoisotopic (exact) mass is 414 g/mol. The molecule has 1 heterocycles. The molecule has 0 aliphatic carbocycles. The van der Waals surface area contributed by atoms with Crippen LogP contribution in [0.4, 0.5) is 0 Å². The van der Waals surface area contributed by atoms with E-state index in [9.17, 15) is 8.42 Å². The van der Waals surface area contributed by atoms with Gasteiger partial charge in [0, 0.05) is 29.5 Å². The Kier molecular flexibility index (Phi) is 8.37. The van der Waals surface area contributed by atoms with Crippen LogP contribution in [0.25, 0.3) is 0 Å². The van der Waals surface area contributed by atoms with Crippen molar-refractivity contribution in [1.29, 1.82) is 0 Å². The van der Waals surface area contributed by atoms with Crippen molar-refractivity contribution in [3.05, 3.63) is 51.7 Å². The Balaban J connectivity index is 1.81. The van der Waals surface area contributed by atoms with Crippen LogP contribution in [-0.4, -0.2) is 40.6 Å². The predicted molar refractivity (Wildman–Crippen MR) is 109 cm³/mol. The third-order valence-corrected chi connectivity index (χ3v) is 6.00. The summed E-state index contributed by atoms with van der Waals surface area (Å²) in [4.78, 5) is 5.85. The van der Waals surface area contributed by atoms with Gasteiger partial charge in [-0.2, -0.15) is 0 Å². The predicted octanol–water partition coefficient (Wildman–Crippen LogP) is 2.48. The lowest BCUT2D eigenvalue weighted by atomic mass is 10.3. The average molecular weight is 415 g/mol. The maximum atomic E-state index is 12.2. The molecule has 0 saturated heterocycles. The average Bonchev–Trinajstić information content (AvgIpc) is 3.12. The number of halogens is 1. The number of guanidine groups is 1. The van der Waals surface area contributed by atoms with Crippen molar-refractivity contribution in [2.75, 3.05) is 26.2 Å². The van der Waals surface area contributed by atoms with E-state index in [1.807, 2.05) is 13.0 Å². The minimum Gasteiger partial charge on any atom is -0.357 e. The molecule has 3 N–H and O–H groups in total. The number of hydrogen-bond donors (Lipinski definition) is 3. The highest BCUT2D eigenvalue weighted by Crippen LogP contribution is 2.14. The van der Waals surface area contributed by atoms with Crippen LogP contribution < -0.4 is 15.4 Å². The second-order valence-corrected chi connectivity index (χ2v) is 8.61. The first-order valence-electron chi connectivity index (χ1n) is 8.31. The number of benzene rings is 1. The Labute approximate surface area is 163 Å². The Bertz CT molecular complexity index is 808. The van der Waals surface area contributed by atoms with E-state index in [1.165, 1.54) is 17.0 Å². The largest absolute Gasteiger partial charge is 0.357 e. The van der Waals surface area contributed by atoms with Gasteiger partial charge in [-0.25, -0.2) is 13.1 Å². The molecule has 2 aromatic rings. The number of hydrogen-bond acceptors (Lipinski definition) is 4. The molecule has 0 amide bonds. The van der Waals surface area contributed by atoms with Gasteiger partial charge in [0.05, 0.1) is 11.4 Å². The highest BCUT2D eigenvalue weighted by atomic mass is 35.5. The van der Waals surface area contributed by atoms with Crippen LogP contribution >= 0.6 is 22.9 Å². The molecule has 0 unspecified atom stereocenters. The van der Waals surface area contributed by atoms with Gasteiger partial charge in [0.25, 0.3) is 0 Å². The molecular weight excluding hydrogens is 392 g/mol. The van der Waals surface area contributed by atoms with Crippen molar-refractivity contribution in [3.8, 4) is 0 Å². The highest BCUT2D eigenvalue weighted by molar-refractivity contribution is 7.89. The molecule has 0 bridgehead atoms. The van der Waals surface area contributed by atoms with Crippen molar-refractivity contribution >= 4 is 38.9 Å². The molecular formula is C17H23ClN4O2S2. The normalized spacial score (nSPS) is 12.2. The summed E-state index contributed by atoms with van der Waals surface area (Å²) in [5, 5.41) is 8.83. The second-order valence-electron chi connectivity index (χ2n) is 5.37. The minimum absolute atomic E-state index is 0.148. The van der Waals surface area contributed by atoms with E-state index < -0.39 is 10.0 Å². The van der Waals surface area contributed by atoms with Gasteiger partial charge in [0.15, 0.2) is 5.96 Å². The zero-order valence-electron chi connectivity index (χ0n) is 14.5. The molecule has 1 aromatic carbocycles. The summed E-state index contributed by atoms with van der Waals surface area (Å²) in [6.45, 7) is 4.02. The van der Waals surface area contributed by atoms with Crippen LogP contribution in [0.3, 0.4) is 0 Å². The van der Waals surface area contributed by atoms with Crippen molar-refractivity contribution < 1.29 is 8.42 Å². The first kappa shape index (κ1) is 20.7. The summed E-state index contributed by atoms with van der Waals surface area (Å²) in [5.41, 5.74) is 0. The Morgan fingerprint density at radius 1 is 1.19 bits per heavy atom. The number of nitrogens with one attached hydrogen (secondary N) is 3. The topological polar surface area (TPSA) is 82.6 Å². The first-order valence-corrected chi connectivity index (χ1v) is 11.0. The fraction of sp³-hybridized carbons (Fsp3) is 0.353. The maximum absolute atomic E-state index is 12.2. The summed E-state index contributed by atoms with van der Waals surface area (Å²) in [6.07, 6.45) is 0.920. The van der Waals surface area contributed by atoms with E-state index in [1.54, 1.807) is 23.5 Å². The van der Waals surface area contributed by atoms with Crippen LogP contribution in [0.15, 0.2) is 51.7 Å².